The molecule has 2 rings (SSSR count). The topological polar surface area (TPSA) is 39.4 Å². The SMILES string of the molecule is COCCn1c(C)csc1=Nc1cccnc1. The maximum Gasteiger partial charge on any atom is 0.190 e. The molecule has 2 heterocycles. The van der Waals surface area contributed by atoms with Crippen molar-refractivity contribution in [1.29, 1.82) is 0 Å². The zero-order chi connectivity index (χ0) is 12.1. The number of pyridine rings is 1. The Bertz CT molecular complexity index is 530. The first-order valence-corrected chi connectivity index (χ1v) is 6.28. The van der Waals surface area contributed by atoms with Crippen molar-refractivity contribution in [2.75, 3.05) is 13.7 Å². The Morgan fingerprint density at radius 2 is 2.41 bits per heavy atom. The maximum atomic E-state index is 5.11. The third kappa shape index (κ3) is 3.01. The summed E-state index contributed by atoms with van der Waals surface area (Å²) in [5.74, 6) is 0. The molecule has 17 heavy (non-hydrogen) atoms. The Kier molecular flexibility index (Phi) is 4.06. The van der Waals surface area contributed by atoms with Crippen molar-refractivity contribution in [3.8, 4) is 0 Å². The monoisotopic (exact) mass is 249 g/mol. The molecule has 0 saturated heterocycles. The predicted molar refractivity (Wildman–Crippen MR) is 68.4 cm³/mol. The zero-order valence-electron chi connectivity index (χ0n) is 9.96. The molecule has 0 spiro atoms. The summed E-state index contributed by atoms with van der Waals surface area (Å²) in [6.07, 6.45) is 3.51. The minimum Gasteiger partial charge on any atom is -0.383 e. The predicted octanol–water partition coefficient (Wildman–Crippen LogP) is 2.13. The summed E-state index contributed by atoms with van der Waals surface area (Å²) in [5, 5.41) is 2.10. The molecule has 90 valence electrons. The summed E-state index contributed by atoms with van der Waals surface area (Å²) in [4.78, 5) is 9.61. The van der Waals surface area contributed by atoms with Gasteiger partial charge < -0.3 is 9.30 Å². The van der Waals surface area contributed by atoms with Gasteiger partial charge in [-0.3, -0.25) is 4.98 Å². The van der Waals surface area contributed by atoms with Gasteiger partial charge in [-0.1, -0.05) is 0 Å². The van der Waals surface area contributed by atoms with Crippen LogP contribution in [0, 0.1) is 6.92 Å². The maximum absolute atomic E-state index is 5.11. The van der Waals surface area contributed by atoms with Gasteiger partial charge >= 0.3 is 0 Å². The van der Waals surface area contributed by atoms with Gasteiger partial charge in [0.25, 0.3) is 0 Å². The Balaban J connectivity index is 2.35. The van der Waals surface area contributed by atoms with Gasteiger partial charge in [0.2, 0.25) is 0 Å². The number of rotatable bonds is 4. The minimum absolute atomic E-state index is 0.692. The molecule has 0 bridgehead atoms. The number of aryl methyl sites for hydroxylation is 1. The average Bonchev–Trinajstić information content (AvgIpc) is 2.69. The number of methoxy groups -OCH3 is 1. The molecular weight excluding hydrogens is 234 g/mol. The van der Waals surface area contributed by atoms with Crippen molar-refractivity contribution in [2.24, 2.45) is 4.99 Å². The lowest BCUT2D eigenvalue weighted by Gasteiger charge is -2.04. The van der Waals surface area contributed by atoms with E-state index < -0.39 is 0 Å². The molecule has 5 heteroatoms. The van der Waals surface area contributed by atoms with Crippen LogP contribution in [0.5, 0.6) is 0 Å². The molecule has 0 radical (unpaired) electrons. The third-order valence-corrected chi connectivity index (χ3v) is 3.36. The number of thiazole rings is 1. The number of ether oxygens (including phenoxy) is 1. The van der Waals surface area contributed by atoms with E-state index in [9.17, 15) is 0 Å². The fraction of sp³-hybridized carbons (Fsp3) is 0.333. The zero-order valence-corrected chi connectivity index (χ0v) is 10.8. The van der Waals surface area contributed by atoms with Gasteiger partial charge in [-0.2, -0.15) is 0 Å². The second kappa shape index (κ2) is 5.75. The molecule has 2 aromatic rings. The fourth-order valence-corrected chi connectivity index (χ4v) is 2.41. The number of hydrogen-bond donors (Lipinski definition) is 0. The van der Waals surface area contributed by atoms with Crippen molar-refractivity contribution < 1.29 is 4.74 Å². The Labute approximate surface area is 104 Å². The average molecular weight is 249 g/mol. The Hall–Kier alpha value is -1.46. The number of aromatic nitrogens is 2. The smallest absolute Gasteiger partial charge is 0.190 e. The molecule has 0 unspecified atom stereocenters. The van der Waals surface area contributed by atoms with Crippen molar-refractivity contribution in [3.05, 3.63) is 40.4 Å². The van der Waals surface area contributed by atoms with E-state index in [0.717, 1.165) is 17.0 Å². The van der Waals surface area contributed by atoms with Gasteiger partial charge in [-0.25, -0.2) is 4.99 Å². The molecule has 0 saturated carbocycles. The summed E-state index contributed by atoms with van der Waals surface area (Å²) in [5.41, 5.74) is 2.08. The summed E-state index contributed by atoms with van der Waals surface area (Å²) >= 11 is 1.63. The highest BCUT2D eigenvalue weighted by Gasteiger charge is 2.00. The van der Waals surface area contributed by atoms with Crippen LogP contribution in [0.3, 0.4) is 0 Å². The summed E-state index contributed by atoms with van der Waals surface area (Å²) in [7, 11) is 1.71. The molecule has 0 aromatic carbocycles. The first kappa shape index (κ1) is 12.0. The molecule has 0 aliphatic heterocycles. The van der Waals surface area contributed by atoms with E-state index in [1.807, 2.05) is 12.1 Å². The second-order valence-corrected chi connectivity index (χ2v) is 4.46. The van der Waals surface area contributed by atoms with Crippen molar-refractivity contribution in [2.45, 2.75) is 13.5 Å². The molecule has 0 fully saturated rings. The van der Waals surface area contributed by atoms with Crippen LogP contribution in [-0.2, 0) is 11.3 Å². The van der Waals surface area contributed by atoms with Crippen molar-refractivity contribution in [1.82, 2.24) is 9.55 Å². The molecule has 4 nitrogen and oxygen atoms in total. The molecule has 0 atom stereocenters. The van der Waals surface area contributed by atoms with Crippen LogP contribution in [0.25, 0.3) is 0 Å². The summed E-state index contributed by atoms with van der Waals surface area (Å²) in [6.45, 7) is 3.59. The van der Waals surface area contributed by atoms with Crippen LogP contribution in [-0.4, -0.2) is 23.3 Å². The van der Waals surface area contributed by atoms with Crippen LogP contribution in [0.1, 0.15) is 5.69 Å². The van der Waals surface area contributed by atoms with Gasteiger partial charge in [0.1, 0.15) is 0 Å². The fourth-order valence-electron chi connectivity index (χ4n) is 1.49. The van der Waals surface area contributed by atoms with Crippen LogP contribution in [0.15, 0.2) is 34.9 Å². The van der Waals surface area contributed by atoms with Crippen molar-refractivity contribution >= 4 is 17.0 Å². The first-order valence-electron chi connectivity index (χ1n) is 5.40. The molecule has 0 N–H and O–H groups in total. The lowest BCUT2D eigenvalue weighted by molar-refractivity contribution is 0.186. The molecule has 2 aromatic heterocycles. The third-order valence-electron chi connectivity index (χ3n) is 2.38. The second-order valence-electron chi connectivity index (χ2n) is 3.63. The number of hydrogen-bond acceptors (Lipinski definition) is 4. The van der Waals surface area contributed by atoms with Gasteiger partial charge in [-0.05, 0) is 19.1 Å². The lowest BCUT2D eigenvalue weighted by Crippen LogP contribution is -2.18. The van der Waals surface area contributed by atoms with E-state index >= 15 is 0 Å². The molecular formula is C12H15N3OS. The van der Waals surface area contributed by atoms with E-state index in [0.29, 0.717) is 6.61 Å². The summed E-state index contributed by atoms with van der Waals surface area (Å²) in [6, 6.07) is 3.83. The number of nitrogens with zero attached hydrogens (tertiary/aromatic N) is 3. The van der Waals surface area contributed by atoms with Gasteiger partial charge in [0.05, 0.1) is 18.5 Å². The van der Waals surface area contributed by atoms with Crippen LogP contribution < -0.4 is 4.80 Å². The minimum atomic E-state index is 0.692. The molecule has 0 amide bonds. The van der Waals surface area contributed by atoms with Crippen LogP contribution in [0.4, 0.5) is 5.69 Å². The Morgan fingerprint density at radius 3 is 3.12 bits per heavy atom. The molecule has 0 aliphatic carbocycles. The molecule has 0 aliphatic rings. The van der Waals surface area contributed by atoms with E-state index in [4.69, 9.17) is 4.74 Å². The van der Waals surface area contributed by atoms with Crippen LogP contribution in [0.2, 0.25) is 0 Å². The van der Waals surface area contributed by atoms with E-state index in [-0.39, 0.29) is 0 Å². The standard InChI is InChI=1S/C12H15N3OS/c1-10-9-17-12(15(10)6-7-16-2)14-11-4-3-5-13-8-11/h3-5,8-9H,6-7H2,1-2H3. The highest BCUT2D eigenvalue weighted by Crippen LogP contribution is 2.08. The lowest BCUT2D eigenvalue weighted by atomic mass is 10.4. The van der Waals surface area contributed by atoms with Crippen LogP contribution >= 0.6 is 11.3 Å². The quantitative estimate of drug-likeness (QED) is 0.832. The van der Waals surface area contributed by atoms with E-state index in [1.54, 1.807) is 30.8 Å². The van der Waals surface area contributed by atoms with Gasteiger partial charge in [0, 0.05) is 30.9 Å². The van der Waals surface area contributed by atoms with Crippen molar-refractivity contribution in [3.63, 3.8) is 0 Å². The summed E-state index contributed by atoms with van der Waals surface area (Å²) < 4.78 is 7.26. The first-order chi connectivity index (χ1) is 8.31. The Morgan fingerprint density at radius 1 is 1.53 bits per heavy atom. The highest BCUT2D eigenvalue weighted by molar-refractivity contribution is 7.07. The van der Waals surface area contributed by atoms with E-state index in [1.165, 1.54) is 5.69 Å². The van der Waals surface area contributed by atoms with E-state index in [2.05, 4.69) is 26.8 Å². The van der Waals surface area contributed by atoms with Gasteiger partial charge in [0.15, 0.2) is 4.80 Å². The normalized spacial score (nSPS) is 12.0. The largest absolute Gasteiger partial charge is 0.383 e. The van der Waals surface area contributed by atoms with Gasteiger partial charge in [-0.15, -0.1) is 11.3 Å². The highest BCUT2D eigenvalue weighted by atomic mass is 32.1.